The van der Waals surface area contributed by atoms with E-state index in [9.17, 15) is 4.79 Å². The van der Waals surface area contributed by atoms with E-state index in [-0.39, 0.29) is 0 Å². The van der Waals surface area contributed by atoms with Crippen LogP contribution in [0.1, 0.15) is 44.1 Å². The topological polar surface area (TPSA) is 66.6 Å². The zero-order chi connectivity index (χ0) is 15.3. The average molecular weight is 290 g/mol. The summed E-state index contributed by atoms with van der Waals surface area (Å²) in [6, 6.07) is 10.7. The molecule has 2 atom stereocenters. The van der Waals surface area contributed by atoms with Crippen LogP contribution in [0.15, 0.2) is 30.3 Å². The first-order chi connectivity index (χ1) is 9.99. The van der Waals surface area contributed by atoms with Crippen LogP contribution in [0.25, 0.3) is 0 Å². The lowest BCUT2D eigenvalue weighted by atomic mass is 9.96. The molecule has 1 aliphatic heterocycles. The van der Waals surface area contributed by atoms with Gasteiger partial charge >= 0.3 is 5.97 Å². The maximum absolute atomic E-state index is 10.9. The first-order valence-corrected chi connectivity index (χ1v) is 7.78. The number of likely N-dealkylation sites (tertiary alicyclic amines) is 1. The van der Waals surface area contributed by atoms with Gasteiger partial charge in [0.1, 0.15) is 5.54 Å². The van der Waals surface area contributed by atoms with Gasteiger partial charge in [-0.1, -0.05) is 30.3 Å². The van der Waals surface area contributed by atoms with Crippen molar-refractivity contribution in [1.82, 2.24) is 4.90 Å². The molecule has 1 aromatic carbocycles. The van der Waals surface area contributed by atoms with Crippen molar-refractivity contribution in [3.05, 3.63) is 35.9 Å². The van der Waals surface area contributed by atoms with Crippen LogP contribution < -0.4 is 5.73 Å². The Morgan fingerprint density at radius 1 is 1.38 bits per heavy atom. The summed E-state index contributed by atoms with van der Waals surface area (Å²) >= 11 is 0. The van der Waals surface area contributed by atoms with Gasteiger partial charge in [0.05, 0.1) is 0 Å². The zero-order valence-electron chi connectivity index (χ0n) is 12.8. The quantitative estimate of drug-likeness (QED) is 0.757. The Hall–Kier alpha value is -1.39. The number of carboxylic acid groups (broad SMARTS) is 1. The highest BCUT2D eigenvalue weighted by atomic mass is 16.4. The number of hydrogen-bond donors (Lipinski definition) is 2. The second kappa shape index (κ2) is 7.05. The average Bonchev–Trinajstić information content (AvgIpc) is 2.93. The fourth-order valence-electron chi connectivity index (χ4n) is 2.97. The number of hydrogen-bond acceptors (Lipinski definition) is 3. The fourth-order valence-corrected chi connectivity index (χ4v) is 2.97. The molecule has 0 spiro atoms. The summed E-state index contributed by atoms with van der Waals surface area (Å²) in [5.74, 6) is -0.266. The lowest BCUT2D eigenvalue weighted by Crippen LogP contribution is -2.44. The highest BCUT2D eigenvalue weighted by Gasteiger charge is 2.27. The van der Waals surface area contributed by atoms with E-state index in [4.69, 9.17) is 10.8 Å². The molecule has 0 saturated carbocycles. The minimum atomic E-state index is -1.09. The second-order valence-electron chi connectivity index (χ2n) is 6.38. The van der Waals surface area contributed by atoms with Crippen LogP contribution >= 0.6 is 0 Å². The predicted molar refractivity (Wildman–Crippen MR) is 84.3 cm³/mol. The largest absolute Gasteiger partial charge is 0.480 e. The Bertz CT molecular complexity index is 459. The molecular weight excluding hydrogens is 264 g/mol. The molecule has 0 aliphatic carbocycles. The molecule has 116 valence electrons. The standard InChI is InChI=1S/C17H26N2O2/c1-17(18,16(20)21)10-5-6-11-19-12-9-15(13-19)14-7-3-2-4-8-14/h2-4,7-8,15H,5-6,9-13,18H2,1H3,(H,20,21). The van der Waals surface area contributed by atoms with Crippen molar-refractivity contribution in [2.24, 2.45) is 5.73 Å². The number of rotatable bonds is 7. The summed E-state index contributed by atoms with van der Waals surface area (Å²) in [5, 5.41) is 8.98. The van der Waals surface area contributed by atoms with Crippen molar-refractivity contribution < 1.29 is 9.90 Å². The summed E-state index contributed by atoms with van der Waals surface area (Å²) < 4.78 is 0. The lowest BCUT2D eigenvalue weighted by Gasteiger charge is -2.20. The van der Waals surface area contributed by atoms with Crippen LogP contribution in [0.5, 0.6) is 0 Å². The number of unbranched alkanes of at least 4 members (excludes halogenated alkanes) is 1. The van der Waals surface area contributed by atoms with Gasteiger partial charge < -0.3 is 15.7 Å². The number of nitrogens with zero attached hydrogens (tertiary/aromatic N) is 1. The van der Waals surface area contributed by atoms with Gasteiger partial charge in [0, 0.05) is 6.54 Å². The Balaban J connectivity index is 1.68. The molecule has 1 saturated heterocycles. The van der Waals surface area contributed by atoms with Crippen LogP contribution in [0.3, 0.4) is 0 Å². The highest BCUT2D eigenvalue weighted by molar-refractivity contribution is 5.77. The molecule has 0 aromatic heterocycles. The summed E-state index contributed by atoms with van der Waals surface area (Å²) in [6.45, 7) is 4.89. The van der Waals surface area contributed by atoms with Gasteiger partial charge in [0.25, 0.3) is 0 Å². The lowest BCUT2D eigenvalue weighted by molar-refractivity contribution is -0.142. The molecule has 1 aromatic rings. The van der Waals surface area contributed by atoms with E-state index in [1.165, 1.54) is 12.0 Å². The van der Waals surface area contributed by atoms with E-state index >= 15 is 0 Å². The number of aliphatic carboxylic acids is 1. The van der Waals surface area contributed by atoms with E-state index in [0.717, 1.165) is 32.5 Å². The van der Waals surface area contributed by atoms with Crippen molar-refractivity contribution in [3.8, 4) is 0 Å². The molecule has 3 N–H and O–H groups in total. The predicted octanol–water partition coefficient (Wildman–Crippen LogP) is 2.45. The van der Waals surface area contributed by atoms with Gasteiger partial charge in [-0.3, -0.25) is 4.79 Å². The minimum Gasteiger partial charge on any atom is -0.480 e. The van der Waals surface area contributed by atoms with Crippen LogP contribution in [-0.4, -0.2) is 41.1 Å². The van der Waals surface area contributed by atoms with Crippen molar-refractivity contribution in [1.29, 1.82) is 0 Å². The maximum Gasteiger partial charge on any atom is 0.323 e. The second-order valence-corrected chi connectivity index (χ2v) is 6.38. The van der Waals surface area contributed by atoms with Gasteiger partial charge in [0.15, 0.2) is 0 Å². The van der Waals surface area contributed by atoms with E-state index in [2.05, 4.69) is 35.2 Å². The first kappa shape index (κ1) is 16.0. The SMILES string of the molecule is CC(N)(CCCCN1CCC(c2ccccc2)C1)C(=O)O. The van der Waals surface area contributed by atoms with Gasteiger partial charge in [-0.25, -0.2) is 0 Å². The van der Waals surface area contributed by atoms with E-state index in [1.54, 1.807) is 6.92 Å². The Kier molecular flexibility index (Phi) is 5.37. The molecule has 0 radical (unpaired) electrons. The summed E-state index contributed by atoms with van der Waals surface area (Å²) in [5.41, 5.74) is 6.08. The third-order valence-electron chi connectivity index (χ3n) is 4.45. The molecule has 4 heteroatoms. The van der Waals surface area contributed by atoms with E-state index in [0.29, 0.717) is 12.3 Å². The fraction of sp³-hybridized carbons (Fsp3) is 0.588. The van der Waals surface area contributed by atoms with Crippen LogP contribution in [-0.2, 0) is 4.79 Å². The molecular formula is C17H26N2O2. The molecule has 2 rings (SSSR count). The van der Waals surface area contributed by atoms with E-state index in [1.807, 2.05) is 0 Å². The van der Waals surface area contributed by atoms with E-state index < -0.39 is 11.5 Å². The molecule has 1 aliphatic rings. The van der Waals surface area contributed by atoms with Crippen molar-refractivity contribution in [3.63, 3.8) is 0 Å². The molecule has 21 heavy (non-hydrogen) atoms. The number of carbonyl (C=O) groups is 1. The van der Waals surface area contributed by atoms with Gasteiger partial charge in [-0.2, -0.15) is 0 Å². The zero-order valence-corrected chi connectivity index (χ0v) is 12.8. The van der Waals surface area contributed by atoms with Crippen molar-refractivity contribution in [2.75, 3.05) is 19.6 Å². The van der Waals surface area contributed by atoms with Crippen LogP contribution in [0.4, 0.5) is 0 Å². The summed E-state index contributed by atoms with van der Waals surface area (Å²) in [6.07, 6.45) is 3.64. The monoisotopic (exact) mass is 290 g/mol. The Morgan fingerprint density at radius 3 is 2.76 bits per heavy atom. The third-order valence-corrected chi connectivity index (χ3v) is 4.45. The van der Waals surface area contributed by atoms with Crippen molar-refractivity contribution >= 4 is 5.97 Å². The third kappa shape index (κ3) is 4.55. The molecule has 0 amide bonds. The number of carboxylic acids is 1. The molecule has 2 unspecified atom stereocenters. The smallest absolute Gasteiger partial charge is 0.323 e. The van der Waals surface area contributed by atoms with Crippen molar-refractivity contribution in [2.45, 2.75) is 44.1 Å². The highest BCUT2D eigenvalue weighted by Crippen LogP contribution is 2.27. The van der Waals surface area contributed by atoms with Gasteiger partial charge in [-0.15, -0.1) is 0 Å². The molecule has 1 heterocycles. The number of benzene rings is 1. The Morgan fingerprint density at radius 2 is 2.10 bits per heavy atom. The summed E-state index contributed by atoms with van der Waals surface area (Å²) in [7, 11) is 0. The summed E-state index contributed by atoms with van der Waals surface area (Å²) in [4.78, 5) is 13.4. The number of nitrogens with two attached hydrogens (primary N) is 1. The molecule has 4 nitrogen and oxygen atoms in total. The van der Waals surface area contributed by atoms with Gasteiger partial charge in [0.2, 0.25) is 0 Å². The molecule has 0 bridgehead atoms. The Labute approximate surface area is 126 Å². The molecule has 1 fully saturated rings. The minimum absolute atomic E-state index is 0.540. The maximum atomic E-state index is 10.9. The normalized spacial score (nSPS) is 22.1. The van der Waals surface area contributed by atoms with Gasteiger partial charge in [-0.05, 0) is 57.2 Å². The van der Waals surface area contributed by atoms with Crippen LogP contribution in [0, 0.1) is 0 Å². The first-order valence-electron chi connectivity index (χ1n) is 7.78. The van der Waals surface area contributed by atoms with Crippen LogP contribution in [0.2, 0.25) is 0 Å².